The second kappa shape index (κ2) is 12.5. The lowest BCUT2D eigenvalue weighted by molar-refractivity contribution is -0.143. The molecule has 4 aliphatic heterocycles. The van der Waals surface area contributed by atoms with Crippen molar-refractivity contribution in [3.05, 3.63) is 77.9 Å². The van der Waals surface area contributed by atoms with Crippen LogP contribution < -0.4 is 4.90 Å². The van der Waals surface area contributed by atoms with Crippen molar-refractivity contribution >= 4 is 39.1 Å². The number of anilines is 1. The minimum absolute atomic E-state index is 0.00229. The van der Waals surface area contributed by atoms with Crippen molar-refractivity contribution in [2.75, 3.05) is 77.1 Å². The van der Waals surface area contributed by atoms with Crippen molar-refractivity contribution in [3.63, 3.8) is 0 Å². The predicted octanol–water partition coefficient (Wildman–Crippen LogP) is 1.54. The van der Waals surface area contributed by atoms with E-state index >= 15 is 0 Å². The number of aliphatic hydroxyl groups is 1. The molecule has 0 saturated carbocycles. The van der Waals surface area contributed by atoms with Gasteiger partial charge in [-0.3, -0.25) is 19.3 Å². The van der Waals surface area contributed by atoms with Crippen LogP contribution >= 0.6 is 0 Å². The fraction of sp³-hybridized carbons (Fsp3) is 0.406. The number of sulfonamides is 1. The van der Waals surface area contributed by atoms with E-state index < -0.39 is 38.9 Å². The summed E-state index contributed by atoms with van der Waals surface area (Å²) in [6, 6.07) is 12.5. The average Bonchev–Trinajstić information content (AvgIpc) is 3.44. The third kappa shape index (κ3) is 5.18. The molecule has 238 valence electrons. The van der Waals surface area contributed by atoms with Crippen LogP contribution in [0.3, 0.4) is 0 Å². The Bertz CT molecular complexity index is 1660. The van der Waals surface area contributed by atoms with Crippen LogP contribution in [0.2, 0.25) is 0 Å². The Kier molecular flexibility index (Phi) is 8.63. The van der Waals surface area contributed by atoms with Gasteiger partial charge >= 0.3 is 0 Å². The monoisotopic (exact) mass is 636 g/mol. The highest BCUT2D eigenvalue weighted by Gasteiger charge is 2.66. The minimum Gasteiger partial charge on any atom is -0.507 e. The van der Waals surface area contributed by atoms with Gasteiger partial charge in [0.1, 0.15) is 5.76 Å². The summed E-state index contributed by atoms with van der Waals surface area (Å²) in [6.45, 7) is 8.16. The molecule has 4 heterocycles. The third-order valence-corrected chi connectivity index (χ3v) is 10.7. The highest BCUT2D eigenvalue weighted by Crippen LogP contribution is 2.53. The highest BCUT2D eigenvalue weighted by molar-refractivity contribution is 7.89. The number of carbonyl (C=O) groups is 3. The van der Waals surface area contributed by atoms with Crippen LogP contribution in [0.5, 0.6) is 0 Å². The van der Waals surface area contributed by atoms with E-state index in [2.05, 4.69) is 11.5 Å². The van der Waals surface area contributed by atoms with Gasteiger partial charge in [-0.1, -0.05) is 36.4 Å². The van der Waals surface area contributed by atoms with Gasteiger partial charge < -0.3 is 24.4 Å². The maximum atomic E-state index is 14.6. The summed E-state index contributed by atoms with van der Waals surface area (Å²) in [7, 11) is -3.94. The first-order valence-electron chi connectivity index (χ1n) is 15.0. The number of benzene rings is 2. The Labute approximate surface area is 262 Å². The number of morpholine rings is 2. The molecule has 1 unspecified atom stereocenters. The number of rotatable bonds is 9. The molecule has 0 radical (unpaired) electrons. The molecule has 0 aliphatic carbocycles. The van der Waals surface area contributed by atoms with E-state index in [1.807, 2.05) is 0 Å². The molecule has 1 spiro atoms. The molecule has 6 rings (SSSR count). The number of carbonyl (C=O) groups excluding carboxylic acids is 3. The molecule has 3 fully saturated rings. The largest absolute Gasteiger partial charge is 0.507 e. The van der Waals surface area contributed by atoms with Gasteiger partial charge in [-0.15, -0.1) is 6.58 Å². The lowest BCUT2D eigenvalue weighted by atomic mass is 9.82. The first-order valence-corrected chi connectivity index (χ1v) is 16.5. The van der Waals surface area contributed by atoms with Gasteiger partial charge in [0.2, 0.25) is 10.0 Å². The molecule has 2 aromatic rings. The van der Waals surface area contributed by atoms with E-state index in [1.54, 1.807) is 30.3 Å². The zero-order chi connectivity index (χ0) is 31.8. The number of amides is 2. The van der Waals surface area contributed by atoms with Gasteiger partial charge in [-0.25, -0.2) is 8.42 Å². The SMILES string of the molecule is C=CCN1C(=O)C2(/C(=C(/O)c3cccc(S(=O)(=O)N4CCOCC4)c3)C(=O)C(=O)N2CCCN2CCOCC2)c2ccccc21. The Hall–Kier alpha value is -3.88. The maximum Gasteiger partial charge on any atom is 0.296 e. The number of likely N-dealkylation sites (tertiary alicyclic amines) is 1. The van der Waals surface area contributed by atoms with Crippen molar-refractivity contribution in [2.24, 2.45) is 0 Å². The van der Waals surface area contributed by atoms with Gasteiger partial charge in [-0.05, 0) is 24.6 Å². The van der Waals surface area contributed by atoms with E-state index in [0.29, 0.717) is 37.4 Å². The van der Waals surface area contributed by atoms with Crippen LogP contribution in [0.25, 0.3) is 5.76 Å². The second-order valence-corrected chi connectivity index (χ2v) is 13.2. The number of fused-ring (bicyclic) bond motifs is 2. The van der Waals surface area contributed by atoms with Crippen LogP contribution in [-0.4, -0.2) is 117 Å². The number of ketones is 1. The standard InChI is InChI=1S/C32H36N4O8S/c1-2-11-35-26-10-4-3-9-25(26)32(31(35)40)27(29(38)30(39)36(32)13-6-12-33-14-18-43-19-15-33)28(37)23-7-5-8-24(22-23)45(41,42)34-16-20-44-21-17-34/h2-5,7-10,22,37H,1,6,11-21H2/b28-27+. The number of hydrogen-bond donors (Lipinski definition) is 1. The van der Waals surface area contributed by atoms with Crippen LogP contribution in [-0.2, 0) is 39.4 Å². The Morgan fingerprint density at radius 1 is 0.933 bits per heavy atom. The first-order chi connectivity index (χ1) is 21.7. The molecule has 4 aliphatic rings. The second-order valence-electron chi connectivity index (χ2n) is 11.3. The molecule has 12 nitrogen and oxygen atoms in total. The number of para-hydroxylation sites is 1. The van der Waals surface area contributed by atoms with E-state index in [-0.39, 0.29) is 55.4 Å². The van der Waals surface area contributed by atoms with E-state index in [0.717, 1.165) is 13.1 Å². The van der Waals surface area contributed by atoms with Crippen LogP contribution in [0.15, 0.2) is 71.7 Å². The van der Waals surface area contributed by atoms with Crippen LogP contribution in [0.1, 0.15) is 17.5 Å². The first kappa shape index (κ1) is 31.1. The Morgan fingerprint density at radius 2 is 1.62 bits per heavy atom. The van der Waals surface area contributed by atoms with E-state index in [1.165, 1.54) is 38.4 Å². The molecule has 1 atom stereocenters. The summed E-state index contributed by atoms with van der Waals surface area (Å²) in [5.74, 6) is -3.09. The maximum absolute atomic E-state index is 14.6. The smallest absolute Gasteiger partial charge is 0.296 e. The van der Waals surface area contributed by atoms with Crippen LogP contribution in [0, 0.1) is 0 Å². The molecule has 3 saturated heterocycles. The topological polar surface area (TPSA) is 137 Å². The third-order valence-electron chi connectivity index (χ3n) is 8.80. The van der Waals surface area contributed by atoms with Crippen molar-refractivity contribution < 1.29 is 37.4 Å². The molecule has 2 aromatic carbocycles. The molecule has 0 aromatic heterocycles. The number of aliphatic hydroxyl groups excluding tert-OH is 1. The molecular weight excluding hydrogens is 600 g/mol. The molecule has 1 N–H and O–H groups in total. The summed E-state index contributed by atoms with van der Waals surface area (Å²) >= 11 is 0. The molecular formula is C32H36N4O8S. The normalized spacial score (nSPS) is 24.0. The molecule has 13 heteroatoms. The quantitative estimate of drug-likeness (QED) is 0.188. The number of ether oxygens (including phenoxy) is 2. The molecule has 0 bridgehead atoms. The lowest BCUT2D eigenvalue weighted by Crippen LogP contribution is -2.52. The van der Waals surface area contributed by atoms with E-state index in [4.69, 9.17) is 9.47 Å². The van der Waals surface area contributed by atoms with Gasteiger partial charge in [0, 0.05) is 56.9 Å². The number of Topliss-reactive ketones (excluding diaryl/α,β-unsaturated/α-hetero) is 1. The Morgan fingerprint density at radius 3 is 2.33 bits per heavy atom. The fourth-order valence-corrected chi connectivity index (χ4v) is 8.09. The van der Waals surface area contributed by atoms with Crippen molar-refractivity contribution in [1.82, 2.24) is 14.1 Å². The summed E-state index contributed by atoms with van der Waals surface area (Å²) in [4.78, 5) is 47.2. The van der Waals surface area contributed by atoms with Gasteiger partial charge in [0.25, 0.3) is 17.6 Å². The fourth-order valence-electron chi connectivity index (χ4n) is 6.64. The van der Waals surface area contributed by atoms with Crippen molar-refractivity contribution in [2.45, 2.75) is 16.9 Å². The molecule has 2 amide bonds. The molecule has 45 heavy (non-hydrogen) atoms. The van der Waals surface area contributed by atoms with Gasteiger partial charge in [0.15, 0.2) is 5.54 Å². The average molecular weight is 637 g/mol. The zero-order valence-electron chi connectivity index (χ0n) is 24.9. The Balaban J connectivity index is 1.47. The summed E-state index contributed by atoms with van der Waals surface area (Å²) in [6.07, 6.45) is 2.03. The summed E-state index contributed by atoms with van der Waals surface area (Å²) in [5, 5.41) is 11.9. The zero-order valence-corrected chi connectivity index (χ0v) is 25.7. The highest BCUT2D eigenvalue weighted by atomic mass is 32.2. The number of nitrogens with zero attached hydrogens (tertiary/aromatic N) is 4. The van der Waals surface area contributed by atoms with Crippen molar-refractivity contribution in [1.29, 1.82) is 0 Å². The number of hydrogen-bond acceptors (Lipinski definition) is 9. The van der Waals surface area contributed by atoms with Gasteiger partial charge in [-0.2, -0.15) is 4.31 Å². The van der Waals surface area contributed by atoms with Crippen molar-refractivity contribution in [3.8, 4) is 0 Å². The van der Waals surface area contributed by atoms with Crippen LogP contribution in [0.4, 0.5) is 5.69 Å². The summed E-state index contributed by atoms with van der Waals surface area (Å²) < 4.78 is 38.9. The minimum atomic E-state index is -3.94. The van der Waals surface area contributed by atoms with E-state index in [9.17, 15) is 27.9 Å². The van der Waals surface area contributed by atoms with Gasteiger partial charge in [0.05, 0.1) is 42.6 Å². The predicted molar refractivity (Wildman–Crippen MR) is 165 cm³/mol. The summed E-state index contributed by atoms with van der Waals surface area (Å²) in [5.41, 5.74) is -1.44. The lowest BCUT2D eigenvalue weighted by Gasteiger charge is -2.35.